The maximum Gasteiger partial charge on any atom is 0.340 e. The van der Waals surface area contributed by atoms with Gasteiger partial charge >= 0.3 is 5.97 Å². The average molecular weight is 418 g/mol. The lowest BCUT2D eigenvalue weighted by Crippen LogP contribution is -2.18. The van der Waals surface area contributed by atoms with E-state index in [1.165, 1.54) is 66.0 Å². The third kappa shape index (κ3) is 4.54. The van der Waals surface area contributed by atoms with Crippen LogP contribution in [0.15, 0.2) is 29.4 Å². The molecule has 0 unspecified atom stereocenters. The SMILES string of the molecule is COc1cc(C(=O)NN=Cc2ccc(OC)c(OC)c2C(=O)O)cc(OC)c1OC. The molecule has 30 heavy (non-hydrogen) atoms. The molecule has 2 aromatic carbocycles. The van der Waals surface area contributed by atoms with E-state index in [0.29, 0.717) is 17.2 Å². The summed E-state index contributed by atoms with van der Waals surface area (Å²) in [4.78, 5) is 24.1. The summed E-state index contributed by atoms with van der Waals surface area (Å²) < 4.78 is 25.9. The van der Waals surface area contributed by atoms with Crippen molar-refractivity contribution in [3.63, 3.8) is 0 Å². The molecule has 0 saturated heterocycles. The minimum Gasteiger partial charge on any atom is -0.493 e. The predicted octanol–water partition coefficient (Wildman–Crippen LogP) is 2.19. The third-order valence-corrected chi connectivity index (χ3v) is 4.09. The van der Waals surface area contributed by atoms with Crippen molar-refractivity contribution in [1.29, 1.82) is 0 Å². The second-order valence-electron chi connectivity index (χ2n) is 5.68. The van der Waals surface area contributed by atoms with E-state index in [2.05, 4.69) is 10.5 Å². The summed E-state index contributed by atoms with van der Waals surface area (Å²) in [7, 11) is 7.04. The zero-order chi connectivity index (χ0) is 22.3. The number of amides is 1. The van der Waals surface area contributed by atoms with Crippen LogP contribution in [0.5, 0.6) is 28.7 Å². The number of hydrogen-bond donors (Lipinski definition) is 2. The maximum atomic E-state index is 12.5. The van der Waals surface area contributed by atoms with Crippen LogP contribution in [0.4, 0.5) is 0 Å². The van der Waals surface area contributed by atoms with Gasteiger partial charge in [0.1, 0.15) is 5.56 Å². The largest absolute Gasteiger partial charge is 0.493 e. The topological polar surface area (TPSA) is 125 Å². The number of methoxy groups -OCH3 is 5. The minimum absolute atomic E-state index is 0.0462. The van der Waals surface area contributed by atoms with Crippen molar-refractivity contribution < 1.29 is 38.4 Å². The molecule has 160 valence electrons. The fraction of sp³-hybridized carbons (Fsp3) is 0.250. The number of benzene rings is 2. The first-order valence-corrected chi connectivity index (χ1v) is 8.53. The van der Waals surface area contributed by atoms with Gasteiger partial charge in [0.25, 0.3) is 5.91 Å². The van der Waals surface area contributed by atoms with E-state index in [-0.39, 0.29) is 28.2 Å². The first-order valence-electron chi connectivity index (χ1n) is 8.53. The van der Waals surface area contributed by atoms with Crippen LogP contribution in [0.1, 0.15) is 26.3 Å². The Morgan fingerprint density at radius 3 is 1.90 bits per heavy atom. The summed E-state index contributed by atoms with van der Waals surface area (Å²) in [6.07, 6.45) is 1.20. The van der Waals surface area contributed by atoms with Gasteiger partial charge in [-0.25, -0.2) is 10.2 Å². The highest BCUT2D eigenvalue weighted by atomic mass is 16.5. The highest BCUT2D eigenvalue weighted by molar-refractivity contribution is 6.02. The Kier molecular flexibility index (Phi) is 7.45. The van der Waals surface area contributed by atoms with Crippen molar-refractivity contribution in [3.05, 3.63) is 41.0 Å². The van der Waals surface area contributed by atoms with Gasteiger partial charge in [-0.2, -0.15) is 5.10 Å². The van der Waals surface area contributed by atoms with Crippen LogP contribution >= 0.6 is 0 Å². The zero-order valence-corrected chi connectivity index (χ0v) is 17.1. The minimum atomic E-state index is -1.23. The molecule has 0 aliphatic carbocycles. The van der Waals surface area contributed by atoms with Crippen molar-refractivity contribution >= 4 is 18.1 Å². The molecule has 10 nitrogen and oxygen atoms in total. The van der Waals surface area contributed by atoms with Crippen molar-refractivity contribution in [1.82, 2.24) is 5.43 Å². The van der Waals surface area contributed by atoms with E-state index in [9.17, 15) is 14.7 Å². The van der Waals surface area contributed by atoms with E-state index < -0.39 is 11.9 Å². The standard InChI is InChI=1S/C20H22N2O8/c1-26-13-7-6-11(16(20(24)25)18(13)30-5)10-21-22-19(23)12-8-14(27-2)17(29-4)15(9-12)28-3/h6-10H,1-5H3,(H,22,23)(H,24,25). The first kappa shape index (κ1) is 22.3. The second-order valence-corrected chi connectivity index (χ2v) is 5.68. The van der Waals surface area contributed by atoms with Crippen LogP contribution in [0.25, 0.3) is 0 Å². The summed E-state index contributed by atoms with van der Waals surface area (Å²) in [5, 5.41) is 13.4. The number of nitrogens with zero attached hydrogens (tertiary/aromatic N) is 1. The molecular weight excluding hydrogens is 396 g/mol. The van der Waals surface area contributed by atoms with Crippen LogP contribution in [-0.2, 0) is 0 Å². The molecule has 0 saturated carbocycles. The van der Waals surface area contributed by atoms with Gasteiger partial charge in [0, 0.05) is 11.1 Å². The molecule has 2 aromatic rings. The molecular formula is C20H22N2O8. The Hall–Kier alpha value is -3.95. The molecule has 0 bridgehead atoms. The molecule has 0 spiro atoms. The first-order chi connectivity index (χ1) is 14.4. The van der Waals surface area contributed by atoms with Gasteiger partial charge in [-0.15, -0.1) is 0 Å². The van der Waals surface area contributed by atoms with Crippen molar-refractivity contribution in [2.45, 2.75) is 0 Å². The Bertz CT molecular complexity index is 947. The van der Waals surface area contributed by atoms with E-state index in [1.807, 2.05) is 0 Å². The van der Waals surface area contributed by atoms with Gasteiger partial charge in [0.15, 0.2) is 23.0 Å². The summed E-state index contributed by atoms with van der Waals surface area (Å²) in [6, 6.07) is 5.95. The van der Waals surface area contributed by atoms with Crippen molar-refractivity contribution in [2.24, 2.45) is 5.10 Å². The Labute approximate surface area is 173 Å². The van der Waals surface area contributed by atoms with Gasteiger partial charge in [0.05, 0.1) is 41.8 Å². The summed E-state index contributed by atoms with van der Waals surface area (Å²) >= 11 is 0. The van der Waals surface area contributed by atoms with Crippen LogP contribution in [0.2, 0.25) is 0 Å². The second kappa shape index (κ2) is 10.0. The molecule has 0 heterocycles. The summed E-state index contributed by atoms with van der Waals surface area (Å²) in [6.45, 7) is 0. The lowest BCUT2D eigenvalue weighted by Gasteiger charge is -2.13. The molecule has 2 rings (SSSR count). The van der Waals surface area contributed by atoms with Gasteiger partial charge < -0.3 is 28.8 Å². The number of carbonyl (C=O) groups is 2. The number of carboxylic acid groups (broad SMARTS) is 1. The molecule has 0 aliphatic rings. The van der Waals surface area contributed by atoms with E-state index in [0.717, 1.165) is 0 Å². The highest BCUT2D eigenvalue weighted by Crippen LogP contribution is 2.38. The van der Waals surface area contributed by atoms with Crippen LogP contribution < -0.4 is 29.1 Å². The van der Waals surface area contributed by atoms with Gasteiger partial charge in [-0.05, 0) is 24.3 Å². The summed E-state index contributed by atoms with van der Waals surface area (Å²) in [5.74, 6) is -0.543. The maximum absolute atomic E-state index is 12.5. The molecule has 0 aliphatic heterocycles. The monoisotopic (exact) mass is 418 g/mol. The van der Waals surface area contributed by atoms with Gasteiger partial charge in [-0.3, -0.25) is 4.79 Å². The quantitative estimate of drug-likeness (QED) is 0.469. The van der Waals surface area contributed by atoms with E-state index >= 15 is 0 Å². The van der Waals surface area contributed by atoms with E-state index in [4.69, 9.17) is 23.7 Å². The predicted molar refractivity (Wildman–Crippen MR) is 108 cm³/mol. The zero-order valence-electron chi connectivity index (χ0n) is 17.1. The number of carboxylic acids is 1. The van der Waals surface area contributed by atoms with Gasteiger partial charge in [-0.1, -0.05) is 0 Å². The average Bonchev–Trinajstić information content (AvgIpc) is 2.76. The highest BCUT2D eigenvalue weighted by Gasteiger charge is 2.20. The number of nitrogens with one attached hydrogen (secondary N) is 1. The van der Waals surface area contributed by atoms with Crippen LogP contribution in [0.3, 0.4) is 0 Å². The number of hydrogen-bond acceptors (Lipinski definition) is 8. The Morgan fingerprint density at radius 2 is 1.43 bits per heavy atom. The van der Waals surface area contributed by atoms with Gasteiger partial charge in [0.2, 0.25) is 5.75 Å². The molecule has 0 atom stereocenters. The normalized spacial score (nSPS) is 10.4. The molecule has 2 N–H and O–H groups in total. The third-order valence-electron chi connectivity index (χ3n) is 4.09. The molecule has 0 aromatic heterocycles. The number of hydrazone groups is 1. The van der Waals surface area contributed by atoms with Crippen molar-refractivity contribution in [2.75, 3.05) is 35.5 Å². The molecule has 10 heteroatoms. The number of ether oxygens (including phenoxy) is 5. The van der Waals surface area contributed by atoms with E-state index in [1.54, 1.807) is 0 Å². The fourth-order valence-corrected chi connectivity index (χ4v) is 2.71. The Morgan fingerprint density at radius 1 is 0.867 bits per heavy atom. The van der Waals surface area contributed by atoms with Crippen LogP contribution in [-0.4, -0.2) is 58.7 Å². The smallest absolute Gasteiger partial charge is 0.340 e. The lowest BCUT2D eigenvalue weighted by molar-refractivity contribution is 0.0692. The molecule has 0 radical (unpaired) electrons. The number of rotatable bonds is 9. The van der Waals surface area contributed by atoms with Crippen LogP contribution in [0, 0.1) is 0 Å². The fourth-order valence-electron chi connectivity index (χ4n) is 2.71. The lowest BCUT2D eigenvalue weighted by atomic mass is 10.1. The Balaban J connectivity index is 2.32. The van der Waals surface area contributed by atoms with Crippen molar-refractivity contribution in [3.8, 4) is 28.7 Å². The molecule has 0 fully saturated rings. The number of carbonyl (C=O) groups excluding carboxylic acids is 1. The number of aromatic carboxylic acids is 1. The molecule has 1 amide bonds. The summed E-state index contributed by atoms with van der Waals surface area (Å²) in [5.41, 5.74) is 2.60.